The molecule has 0 aromatic heterocycles. The van der Waals surface area contributed by atoms with Crippen molar-refractivity contribution in [3.05, 3.63) is 35.9 Å². The fraction of sp³-hybridized carbons (Fsp3) is 0.100. The third-order valence-electron chi connectivity index (χ3n) is 1.37. The van der Waals surface area contributed by atoms with E-state index in [0.717, 1.165) is 0 Å². The first-order valence-electron chi connectivity index (χ1n) is 3.64. The lowest BCUT2D eigenvalue weighted by atomic mass is 10.2. The molecule has 0 aliphatic rings. The predicted molar refractivity (Wildman–Crippen MR) is 46.7 cm³/mol. The van der Waals surface area contributed by atoms with Crippen molar-refractivity contribution >= 4 is 5.97 Å². The third kappa shape index (κ3) is 2.62. The topological polar surface area (TPSA) is 46.5 Å². The van der Waals surface area contributed by atoms with Crippen LogP contribution in [0.3, 0.4) is 0 Å². The van der Waals surface area contributed by atoms with Gasteiger partial charge in [0.05, 0.1) is 5.56 Å². The second-order valence-corrected chi connectivity index (χ2v) is 2.29. The van der Waals surface area contributed by atoms with Crippen LogP contribution in [0.1, 0.15) is 10.4 Å². The van der Waals surface area contributed by atoms with Gasteiger partial charge in [0, 0.05) is 0 Å². The van der Waals surface area contributed by atoms with Crippen LogP contribution in [-0.2, 0) is 4.74 Å². The molecule has 0 fully saturated rings. The summed E-state index contributed by atoms with van der Waals surface area (Å²) in [5.41, 5.74) is 0.358. The van der Waals surface area contributed by atoms with Crippen LogP contribution in [0.5, 0.6) is 0 Å². The van der Waals surface area contributed by atoms with Crippen molar-refractivity contribution < 1.29 is 14.6 Å². The van der Waals surface area contributed by atoms with Gasteiger partial charge in [0.2, 0.25) is 0 Å². The van der Waals surface area contributed by atoms with Gasteiger partial charge in [-0.05, 0) is 18.1 Å². The molecule has 0 aliphatic heterocycles. The zero-order valence-corrected chi connectivity index (χ0v) is 6.81. The summed E-state index contributed by atoms with van der Waals surface area (Å²) in [6.45, 7) is 0. The highest BCUT2D eigenvalue weighted by molar-refractivity contribution is 5.89. The van der Waals surface area contributed by atoms with Gasteiger partial charge in [-0.1, -0.05) is 18.2 Å². The number of benzene rings is 1. The molecule has 0 saturated heterocycles. The van der Waals surface area contributed by atoms with Gasteiger partial charge in [-0.25, -0.2) is 4.79 Å². The summed E-state index contributed by atoms with van der Waals surface area (Å²) in [5, 5.41) is 8.81. The van der Waals surface area contributed by atoms with Crippen molar-refractivity contribution in [3.8, 4) is 12.3 Å². The number of hydrogen-bond donors (Lipinski definition) is 1. The van der Waals surface area contributed by atoms with E-state index in [1.54, 1.807) is 30.3 Å². The number of aliphatic hydroxyl groups is 1. The minimum Gasteiger partial charge on any atom is -0.420 e. The van der Waals surface area contributed by atoms with E-state index in [-0.39, 0.29) is 0 Å². The fourth-order valence-corrected chi connectivity index (χ4v) is 0.778. The molecule has 1 rings (SSSR count). The maximum atomic E-state index is 11.1. The summed E-state index contributed by atoms with van der Waals surface area (Å²) in [7, 11) is 0. The second-order valence-electron chi connectivity index (χ2n) is 2.29. The molecular formula is C10H8O3. The Hall–Kier alpha value is -1.79. The molecule has 0 amide bonds. The normalized spacial score (nSPS) is 11.4. The van der Waals surface area contributed by atoms with Crippen molar-refractivity contribution in [1.82, 2.24) is 0 Å². The highest BCUT2D eigenvalue weighted by Crippen LogP contribution is 2.01. The van der Waals surface area contributed by atoms with E-state index >= 15 is 0 Å². The molecule has 3 heteroatoms. The maximum absolute atomic E-state index is 11.1. The molecule has 0 aliphatic carbocycles. The van der Waals surface area contributed by atoms with Gasteiger partial charge in [0.25, 0.3) is 6.29 Å². The molecule has 13 heavy (non-hydrogen) atoms. The second kappa shape index (κ2) is 4.29. The van der Waals surface area contributed by atoms with E-state index in [0.29, 0.717) is 5.56 Å². The van der Waals surface area contributed by atoms with Crippen molar-refractivity contribution in [1.29, 1.82) is 0 Å². The molecule has 0 spiro atoms. The molecule has 0 bridgehead atoms. The summed E-state index contributed by atoms with van der Waals surface area (Å²) in [5.74, 6) is 1.24. The highest BCUT2D eigenvalue weighted by Gasteiger charge is 2.09. The van der Waals surface area contributed by atoms with E-state index < -0.39 is 12.3 Å². The first-order chi connectivity index (χ1) is 6.24. The number of aliphatic hydroxyl groups excluding tert-OH is 1. The number of ether oxygens (including phenoxy) is 1. The molecule has 1 unspecified atom stereocenters. The van der Waals surface area contributed by atoms with Crippen LogP contribution in [0, 0.1) is 12.3 Å². The van der Waals surface area contributed by atoms with Gasteiger partial charge < -0.3 is 9.84 Å². The zero-order valence-electron chi connectivity index (χ0n) is 6.81. The van der Waals surface area contributed by atoms with Crippen molar-refractivity contribution in [2.24, 2.45) is 0 Å². The average molecular weight is 176 g/mol. The van der Waals surface area contributed by atoms with Gasteiger partial charge in [0.1, 0.15) is 0 Å². The monoisotopic (exact) mass is 176 g/mol. The number of carbonyl (C=O) groups is 1. The molecule has 1 atom stereocenters. The summed E-state index contributed by atoms with van der Waals surface area (Å²) >= 11 is 0. The molecule has 66 valence electrons. The van der Waals surface area contributed by atoms with Gasteiger partial charge in [-0.2, -0.15) is 0 Å². The van der Waals surface area contributed by atoms with E-state index in [2.05, 4.69) is 4.74 Å². The van der Waals surface area contributed by atoms with E-state index in [9.17, 15) is 4.79 Å². The van der Waals surface area contributed by atoms with Crippen molar-refractivity contribution in [3.63, 3.8) is 0 Å². The number of rotatable bonds is 2. The smallest absolute Gasteiger partial charge is 0.341 e. The van der Waals surface area contributed by atoms with Crippen LogP contribution >= 0.6 is 0 Å². The Morgan fingerprint density at radius 2 is 2.08 bits per heavy atom. The quantitative estimate of drug-likeness (QED) is 0.412. The Balaban J connectivity index is 2.66. The average Bonchev–Trinajstić information content (AvgIpc) is 2.19. The van der Waals surface area contributed by atoms with Crippen LogP contribution in [0.4, 0.5) is 0 Å². The number of hydrogen-bond acceptors (Lipinski definition) is 3. The lowest BCUT2D eigenvalue weighted by Gasteiger charge is -2.05. The summed E-state index contributed by atoms with van der Waals surface area (Å²) in [4.78, 5) is 11.1. The molecule has 0 heterocycles. The molecular weight excluding hydrogens is 168 g/mol. The Kier molecular flexibility index (Phi) is 3.07. The van der Waals surface area contributed by atoms with Gasteiger partial charge in [-0.15, -0.1) is 6.42 Å². The molecule has 0 radical (unpaired) electrons. The van der Waals surface area contributed by atoms with Crippen LogP contribution in [-0.4, -0.2) is 17.4 Å². The van der Waals surface area contributed by atoms with E-state index in [1.807, 2.05) is 5.92 Å². The molecule has 1 aromatic rings. The third-order valence-corrected chi connectivity index (χ3v) is 1.37. The lowest BCUT2D eigenvalue weighted by Crippen LogP contribution is -2.15. The summed E-state index contributed by atoms with van der Waals surface area (Å²) in [6, 6.07) is 8.31. The summed E-state index contributed by atoms with van der Waals surface area (Å²) in [6.07, 6.45) is 3.34. The minimum atomic E-state index is -1.48. The Labute approximate surface area is 76.0 Å². The van der Waals surface area contributed by atoms with E-state index in [1.165, 1.54) is 0 Å². The molecule has 3 nitrogen and oxygen atoms in total. The van der Waals surface area contributed by atoms with Crippen molar-refractivity contribution in [2.45, 2.75) is 6.29 Å². The minimum absolute atomic E-state index is 0.358. The predicted octanol–water partition coefficient (Wildman–Crippen LogP) is 0.795. The Morgan fingerprint density at radius 1 is 1.46 bits per heavy atom. The number of esters is 1. The number of carbonyl (C=O) groups excluding carboxylic acids is 1. The van der Waals surface area contributed by atoms with Crippen LogP contribution < -0.4 is 0 Å². The molecule has 1 aromatic carbocycles. The van der Waals surface area contributed by atoms with Crippen LogP contribution in [0.15, 0.2) is 30.3 Å². The van der Waals surface area contributed by atoms with Crippen LogP contribution in [0.25, 0.3) is 0 Å². The first kappa shape index (κ1) is 9.30. The number of terminal acetylenes is 1. The van der Waals surface area contributed by atoms with Gasteiger partial charge in [0.15, 0.2) is 0 Å². The largest absolute Gasteiger partial charge is 0.420 e. The Bertz CT molecular complexity index is 324. The first-order valence-corrected chi connectivity index (χ1v) is 3.64. The SMILES string of the molecule is C#CC(O)OC(=O)c1ccccc1. The van der Waals surface area contributed by atoms with Crippen LogP contribution in [0.2, 0.25) is 0 Å². The highest BCUT2D eigenvalue weighted by atomic mass is 16.6. The van der Waals surface area contributed by atoms with E-state index in [4.69, 9.17) is 11.5 Å². The van der Waals surface area contributed by atoms with Crippen molar-refractivity contribution in [2.75, 3.05) is 0 Å². The maximum Gasteiger partial charge on any atom is 0.341 e. The Morgan fingerprint density at radius 3 is 2.62 bits per heavy atom. The fourth-order valence-electron chi connectivity index (χ4n) is 0.778. The lowest BCUT2D eigenvalue weighted by molar-refractivity contribution is -0.0297. The van der Waals surface area contributed by atoms with Gasteiger partial charge in [-0.3, -0.25) is 0 Å². The van der Waals surface area contributed by atoms with Gasteiger partial charge >= 0.3 is 5.97 Å². The zero-order chi connectivity index (χ0) is 9.68. The molecule has 1 N–H and O–H groups in total. The molecule has 0 saturated carbocycles. The summed E-state index contributed by atoms with van der Waals surface area (Å²) < 4.78 is 4.47. The standard InChI is InChI=1S/C10H8O3/c1-2-9(11)13-10(12)8-6-4-3-5-7-8/h1,3-7,9,11H.